The van der Waals surface area contributed by atoms with Gasteiger partial charge in [-0.2, -0.15) is 0 Å². The molecular weight excluding hydrogens is 218 g/mol. The summed E-state index contributed by atoms with van der Waals surface area (Å²) < 4.78 is 0. The number of fused-ring (bicyclic) bond motifs is 1. The minimum absolute atomic E-state index is 0.130. The molecule has 2 atom stereocenters. The summed E-state index contributed by atoms with van der Waals surface area (Å²) in [5, 5.41) is 0. The van der Waals surface area contributed by atoms with E-state index in [-0.39, 0.29) is 17.9 Å². The van der Waals surface area contributed by atoms with Crippen molar-refractivity contribution >= 4 is 11.8 Å². The van der Waals surface area contributed by atoms with Gasteiger partial charge in [0.25, 0.3) is 0 Å². The summed E-state index contributed by atoms with van der Waals surface area (Å²) in [6.45, 7) is 1.01. The van der Waals surface area contributed by atoms with E-state index in [4.69, 9.17) is 0 Å². The fourth-order valence-electron chi connectivity index (χ4n) is 2.90. The van der Waals surface area contributed by atoms with Gasteiger partial charge in [-0.05, 0) is 33.4 Å². The Balaban J connectivity index is 1.79. The molecule has 1 aliphatic carbocycles. The fraction of sp³-hybridized carbons (Fsp3) is 0.833. The van der Waals surface area contributed by atoms with Gasteiger partial charge in [-0.15, -0.1) is 0 Å². The van der Waals surface area contributed by atoms with Gasteiger partial charge in [-0.25, -0.2) is 0 Å². The number of likely N-dealkylation sites (N-methyl/N-ethyl adjacent to an activating group) is 1. The van der Waals surface area contributed by atoms with Gasteiger partial charge in [-0.3, -0.25) is 9.59 Å². The topological polar surface area (TPSA) is 43.9 Å². The van der Waals surface area contributed by atoms with Crippen LogP contribution in [-0.4, -0.2) is 71.8 Å². The predicted octanol–water partition coefficient (Wildman–Crippen LogP) is -0.478. The fourth-order valence-corrected chi connectivity index (χ4v) is 2.90. The number of rotatable bonds is 2. The molecule has 17 heavy (non-hydrogen) atoms. The van der Waals surface area contributed by atoms with E-state index < -0.39 is 0 Å². The van der Waals surface area contributed by atoms with Gasteiger partial charge in [0.2, 0.25) is 11.8 Å². The second kappa shape index (κ2) is 3.70. The monoisotopic (exact) mass is 237 g/mol. The average Bonchev–Trinajstić information content (AvgIpc) is 3.00. The van der Waals surface area contributed by atoms with Crippen molar-refractivity contribution < 1.29 is 9.59 Å². The van der Waals surface area contributed by atoms with Crippen LogP contribution in [0.5, 0.6) is 0 Å². The van der Waals surface area contributed by atoms with Crippen molar-refractivity contribution in [1.29, 1.82) is 0 Å². The second-order valence-electron chi connectivity index (χ2n) is 5.61. The van der Waals surface area contributed by atoms with Gasteiger partial charge in [-0.1, -0.05) is 0 Å². The molecule has 0 N–H and O–H groups in total. The zero-order valence-electron chi connectivity index (χ0n) is 10.4. The molecule has 0 aromatic rings. The average molecular weight is 237 g/mol. The minimum atomic E-state index is -0.191. The molecule has 94 valence electrons. The zero-order valence-corrected chi connectivity index (χ0v) is 10.4. The lowest BCUT2D eigenvalue weighted by molar-refractivity contribution is -0.154. The first-order chi connectivity index (χ1) is 8.08. The molecule has 1 saturated carbocycles. The number of hydrogen-bond donors (Lipinski definition) is 0. The molecule has 2 aliphatic heterocycles. The highest BCUT2D eigenvalue weighted by Gasteiger charge is 2.49. The molecule has 3 aliphatic rings. The van der Waals surface area contributed by atoms with Crippen molar-refractivity contribution in [3.63, 3.8) is 0 Å². The van der Waals surface area contributed by atoms with Crippen LogP contribution in [0, 0.1) is 0 Å². The van der Waals surface area contributed by atoms with E-state index in [2.05, 4.69) is 4.90 Å². The van der Waals surface area contributed by atoms with Gasteiger partial charge in [0.15, 0.2) is 0 Å². The number of carbonyl (C=O) groups is 2. The summed E-state index contributed by atoms with van der Waals surface area (Å²) in [7, 11) is 4.02. The maximum Gasteiger partial charge on any atom is 0.246 e. The molecule has 0 aromatic carbocycles. The lowest BCUT2D eigenvalue weighted by Gasteiger charge is -2.36. The normalized spacial score (nSPS) is 33.6. The molecule has 5 nitrogen and oxygen atoms in total. The highest BCUT2D eigenvalue weighted by molar-refractivity contribution is 5.95. The van der Waals surface area contributed by atoms with Crippen LogP contribution in [0.25, 0.3) is 0 Å². The first kappa shape index (κ1) is 11.0. The first-order valence-corrected chi connectivity index (χ1v) is 6.34. The van der Waals surface area contributed by atoms with Crippen molar-refractivity contribution in [3.8, 4) is 0 Å². The summed E-state index contributed by atoms with van der Waals surface area (Å²) in [4.78, 5) is 30.1. The van der Waals surface area contributed by atoms with E-state index >= 15 is 0 Å². The summed E-state index contributed by atoms with van der Waals surface area (Å²) >= 11 is 0. The standard InChI is InChI=1S/C12H19N3O2/c1-13(2)9-5-10-12(17)14(8-3-4-8)7-11(16)15(10)6-9/h8-10H,3-7H2,1-2H3/t9-,10+/m1/s1. The molecule has 2 heterocycles. The minimum Gasteiger partial charge on any atom is -0.329 e. The third-order valence-corrected chi connectivity index (χ3v) is 4.19. The van der Waals surface area contributed by atoms with Crippen LogP contribution >= 0.6 is 0 Å². The molecule has 0 unspecified atom stereocenters. The Morgan fingerprint density at radius 1 is 1.18 bits per heavy atom. The molecule has 0 radical (unpaired) electrons. The summed E-state index contributed by atoms with van der Waals surface area (Å²) in [5.74, 6) is 0.308. The van der Waals surface area contributed by atoms with E-state index in [1.165, 1.54) is 0 Å². The van der Waals surface area contributed by atoms with Crippen molar-refractivity contribution in [3.05, 3.63) is 0 Å². The zero-order chi connectivity index (χ0) is 12.2. The van der Waals surface area contributed by atoms with Crippen LogP contribution in [0.4, 0.5) is 0 Å². The van der Waals surface area contributed by atoms with Crippen LogP contribution in [0.3, 0.4) is 0 Å². The van der Waals surface area contributed by atoms with Crippen LogP contribution < -0.4 is 0 Å². The van der Waals surface area contributed by atoms with Crippen molar-refractivity contribution in [2.45, 2.75) is 37.4 Å². The lowest BCUT2D eigenvalue weighted by atomic mass is 10.1. The maximum absolute atomic E-state index is 12.3. The van der Waals surface area contributed by atoms with Gasteiger partial charge < -0.3 is 14.7 Å². The molecule has 5 heteroatoms. The Morgan fingerprint density at radius 3 is 2.47 bits per heavy atom. The smallest absolute Gasteiger partial charge is 0.246 e. The Kier molecular flexibility index (Phi) is 2.40. The van der Waals surface area contributed by atoms with Gasteiger partial charge in [0, 0.05) is 18.6 Å². The quantitative estimate of drug-likeness (QED) is 0.652. The van der Waals surface area contributed by atoms with E-state index in [1.807, 2.05) is 19.0 Å². The molecule has 0 spiro atoms. The number of nitrogens with zero attached hydrogens (tertiary/aromatic N) is 3. The van der Waals surface area contributed by atoms with E-state index in [0.29, 0.717) is 25.2 Å². The second-order valence-corrected chi connectivity index (χ2v) is 5.61. The lowest BCUT2D eigenvalue weighted by Crippen LogP contribution is -2.57. The predicted molar refractivity (Wildman–Crippen MR) is 62.3 cm³/mol. The van der Waals surface area contributed by atoms with Crippen molar-refractivity contribution in [2.24, 2.45) is 0 Å². The van der Waals surface area contributed by atoms with Gasteiger partial charge in [0.05, 0.1) is 0 Å². The summed E-state index contributed by atoms with van der Waals surface area (Å²) in [6, 6.07) is 0.489. The molecule has 3 fully saturated rings. The Bertz CT molecular complexity index is 365. The molecule has 2 saturated heterocycles. The van der Waals surface area contributed by atoms with Gasteiger partial charge >= 0.3 is 0 Å². The Hall–Kier alpha value is -1.10. The van der Waals surface area contributed by atoms with Crippen molar-refractivity contribution in [1.82, 2.24) is 14.7 Å². The highest BCUT2D eigenvalue weighted by Crippen LogP contribution is 2.33. The first-order valence-electron chi connectivity index (χ1n) is 6.34. The summed E-state index contributed by atoms with van der Waals surface area (Å²) in [6.07, 6.45) is 2.94. The van der Waals surface area contributed by atoms with Crippen LogP contribution in [0.1, 0.15) is 19.3 Å². The van der Waals surface area contributed by atoms with Crippen LogP contribution in [0.2, 0.25) is 0 Å². The molecule has 0 bridgehead atoms. The largest absolute Gasteiger partial charge is 0.329 e. The van der Waals surface area contributed by atoms with E-state index in [1.54, 1.807) is 4.90 Å². The van der Waals surface area contributed by atoms with Crippen molar-refractivity contribution in [2.75, 3.05) is 27.2 Å². The highest BCUT2D eigenvalue weighted by atomic mass is 16.2. The maximum atomic E-state index is 12.3. The van der Waals surface area contributed by atoms with Gasteiger partial charge in [0.1, 0.15) is 12.6 Å². The molecule has 3 rings (SSSR count). The Labute approximate surface area is 101 Å². The van der Waals surface area contributed by atoms with E-state index in [0.717, 1.165) is 19.3 Å². The number of piperazine rings is 1. The number of hydrogen-bond acceptors (Lipinski definition) is 3. The molecular formula is C12H19N3O2. The third-order valence-electron chi connectivity index (χ3n) is 4.19. The third kappa shape index (κ3) is 1.73. The SMILES string of the molecule is CN(C)[C@@H]1C[C@H]2C(=O)N(C3CC3)CC(=O)N2C1. The van der Waals surface area contributed by atoms with Crippen LogP contribution in [0.15, 0.2) is 0 Å². The number of amides is 2. The van der Waals surface area contributed by atoms with E-state index in [9.17, 15) is 9.59 Å². The van der Waals surface area contributed by atoms with Crippen LogP contribution in [-0.2, 0) is 9.59 Å². The Morgan fingerprint density at radius 2 is 1.88 bits per heavy atom. The summed E-state index contributed by atoms with van der Waals surface area (Å²) in [5.41, 5.74) is 0. The molecule has 0 aromatic heterocycles. The molecule has 2 amide bonds. The number of carbonyl (C=O) groups excluding carboxylic acids is 2.